The fraction of sp³-hybridized carbons (Fsp3) is 0. The lowest BCUT2D eigenvalue weighted by Gasteiger charge is -1.99. The Labute approximate surface area is 90.7 Å². The molecule has 4 rings (SSSR count). The maximum atomic E-state index is 4.51. The molecule has 0 aliphatic carbocycles. The quantitative estimate of drug-likeness (QED) is 0.553. The van der Waals surface area contributed by atoms with E-state index in [0.717, 1.165) is 33.2 Å². The Hall–Kier alpha value is -2.36. The van der Waals surface area contributed by atoms with E-state index in [4.69, 9.17) is 0 Å². The van der Waals surface area contributed by atoms with Gasteiger partial charge in [-0.2, -0.15) is 5.11 Å². The Morgan fingerprint density at radius 3 is 3.00 bits per heavy atom. The lowest BCUT2D eigenvalue weighted by Crippen LogP contribution is -2.13. The highest BCUT2D eigenvalue weighted by molar-refractivity contribution is 5.86. The van der Waals surface area contributed by atoms with Crippen LogP contribution in [0.3, 0.4) is 0 Å². The van der Waals surface area contributed by atoms with Gasteiger partial charge >= 0.3 is 0 Å². The third-order valence-electron chi connectivity index (χ3n) is 2.81. The maximum Gasteiger partial charge on any atom is 0.123 e. The molecule has 2 aliphatic rings. The molecule has 4 heteroatoms. The normalized spacial score (nSPS) is 13.8. The molecule has 4 nitrogen and oxygen atoms in total. The highest BCUT2D eigenvalue weighted by Gasteiger charge is 2.19. The van der Waals surface area contributed by atoms with E-state index in [9.17, 15) is 0 Å². The third kappa shape index (κ3) is 0.839. The molecule has 16 heavy (non-hydrogen) atoms. The molecule has 3 heterocycles. The van der Waals surface area contributed by atoms with Gasteiger partial charge in [0.05, 0.1) is 23.4 Å². The Morgan fingerprint density at radius 1 is 1.06 bits per heavy atom. The minimum absolute atomic E-state index is 0.825. The molecule has 74 valence electrons. The van der Waals surface area contributed by atoms with E-state index < -0.39 is 0 Å². The lowest BCUT2D eigenvalue weighted by atomic mass is 10.1. The molecule has 0 amide bonds. The second-order valence-corrected chi connectivity index (χ2v) is 3.73. The van der Waals surface area contributed by atoms with Crippen molar-refractivity contribution >= 4 is 17.6 Å². The number of hydrogen-bond donors (Lipinski definition) is 0. The molecule has 0 unspecified atom stereocenters. The first-order valence-corrected chi connectivity index (χ1v) is 5.02. The monoisotopic (exact) mass is 206 g/mol. The summed E-state index contributed by atoms with van der Waals surface area (Å²) < 4.78 is 0. The van der Waals surface area contributed by atoms with Crippen LogP contribution in [0.1, 0.15) is 0 Å². The maximum absolute atomic E-state index is 4.51. The number of benzene rings is 1. The van der Waals surface area contributed by atoms with Crippen LogP contribution in [0.4, 0.5) is 11.4 Å². The highest BCUT2D eigenvalue weighted by Crippen LogP contribution is 2.36. The summed E-state index contributed by atoms with van der Waals surface area (Å²) in [5, 5.41) is 9.72. The van der Waals surface area contributed by atoms with Crippen molar-refractivity contribution in [1.82, 2.24) is 4.98 Å². The van der Waals surface area contributed by atoms with Crippen molar-refractivity contribution in [2.24, 2.45) is 15.2 Å². The van der Waals surface area contributed by atoms with Gasteiger partial charge in [-0.05, 0) is 6.07 Å². The number of para-hydroxylation sites is 1. The Balaban J connectivity index is 2.22. The predicted octanol–water partition coefficient (Wildman–Crippen LogP) is 1.85. The average molecular weight is 206 g/mol. The minimum Gasteiger partial charge on any atom is -0.251 e. The van der Waals surface area contributed by atoms with Crippen LogP contribution in [-0.2, 0) is 0 Å². The van der Waals surface area contributed by atoms with E-state index in [1.54, 1.807) is 12.4 Å². The van der Waals surface area contributed by atoms with Gasteiger partial charge in [-0.1, -0.05) is 18.2 Å². The number of azo groups is 1. The molecule has 0 saturated heterocycles. The van der Waals surface area contributed by atoms with Crippen LogP contribution in [0, 0.1) is 0 Å². The van der Waals surface area contributed by atoms with E-state index in [2.05, 4.69) is 26.3 Å². The molecule has 1 aromatic carbocycles. The standard InChI is InChI=1S/C12H6N4/c1-2-4-8-7(3-1)11-9(15-8)5-13-10-6-14-16-12(10)11/h1-6H. The molecule has 2 aliphatic heterocycles. The zero-order valence-corrected chi connectivity index (χ0v) is 8.25. The lowest BCUT2D eigenvalue weighted by molar-refractivity contribution is 1.20. The molecule has 0 radical (unpaired) electrons. The Morgan fingerprint density at radius 2 is 2.00 bits per heavy atom. The highest BCUT2D eigenvalue weighted by atomic mass is 15.1. The number of rotatable bonds is 0. The first kappa shape index (κ1) is 7.87. The van der Waals surface area contributed by atoms with Crippen LogP contribution in [0.15, 0.2) is 45.7 Å². The van der Waals surface area contributed by atoms with Crippen molar-refractivity contribution in [2.75, 3.05) is 0 Å². The van der Waals surface area contributed by atoms with E-state index >= 15 is 0 Å². The second kappa shape index (κ2) is 2.61. The fourth-order valence-electron chi connectivity index (χ4n) is 2.11. The van der Waals surface area contributed by atoms with Crippen LogP contribution in [-0.4, -0.2) is 4.98 Å². The van der Waals surface area contributed by atoms with Gasteiger partial charge in [0.2, 0.25) is 0 Å². The van der Waals surface area contributed by atoms with E-state index in [1.165, 1.54) is 0 Å². The summed E-state index contributed by atoms with van der Waals surface area (Å²) in [5.74, 6) is 0. The van der Waals surface area contributed by atoms with Crippen molar-refractivity contribution in [3.05, 3.63) is 41.2 Å². The molecular weight excluding hydrogens is 200 g/mol. The summed E-state index contributed by atoms with van der Waals surface area (Å²) in [6, 6.07) is 8.04. The molecule has 0 bridgehead atoms. The predicted molar refractivity (Wildman–Crippen MR) is 59.1 cm³/mol. The number of fused-ring (bicyclic) bond motifs is 5. The number of hydrogen-bond acceptors (Lipinski definition) is 4. The minimum atomic E-state index is 0.825. The molecule has 0 N–H and O–H groups in total. The molecule has 0 atom stereocenters. The topological polar surface area (TPSA) is 50.0 Å². The van der Waals surface area contributed by atoms with Gasteiger partial charge in [-0.15, -0.1) is 5.11 Å². The molecule has 0 spiro atoms. The van der Waals surface area contributed by atoms with Crippen molar-refractivity contribution < 1.29 is 0 Å². The van der Waals surface area contributed by atoms with Crippen LogP contribution in [0.5, 0.6) is 0 Å². The van der Waals surface area contributed by atoms with Crippen molar-refractivity contribution in [3.8, 4) is 11.1 Å². The average Bonchev–Trinajstić information content (AvgIpc) is 2.91. The van der Waals surface area contributed by atoms with Crippen molar-refractivity contribution in [1.29, 1.82) is 0 Å². The van der Waals surface area contributed by atoms with Crippen molar-refractivity contribution in [2.45, 2.75) is 0 Å². The van der Waals surface area contributed by atoms with Crippen LogP contribution in [0.2, 0.25) is 0 Å². The summed E-state index contributed by atoms with van der Waals surface area (Å²) in [6.45, 7) is 0. The van der Waals surface area contributed by atoms with Gasteiger partial charge < -0.3 is 0 Å². The van der Waals surface area contributed by atoms with Crippen molar-refractivity contribution in [3.63, 3.8) is 0 Å². The second-order valence-electron chi connectivity index (χ2n) is 3.73. The summed E-state index contributed by atoms with van der Waals surface area (Å²) in [7, 11) is 0. The Bertz CT molecular complexity index is 759. The zero-order chi connectivity index (χ0) is 10.5. The van der Waals surface area contributed by atoms with Gasteiger partial charge in [-0.3, -0.25) is 4.98 Å². The third-order valence-corrected chi connectivity index (χ3v) is 2.81. The van der Waals surface area contributed by atoms with Gasteiger partial charge in [0.15, 0.2) is 0 Å². The summed E-state index contributed by atoms with van der Waals surface area (Å²) >= 11 is 0. The van der Waals surface area contributed by atoms with E-state index in [1.807, 2.05) is 18.2 Å². The van der Waals surface area contributed by atoms with Gasteiger partial charge in [-0.25, -0.2) is 4.99 Å². The number of aromatic nitrogens is 1. The van der Waals surface area contributed by atoms with Crippen LogP contribution in [0.25, 0.3) is 17.3 Å². The van der Waals surface area contributed by atoms with Gasteiger partial charge in [0.1, 0.15) is 11.0 Å². The largest absolute Gasteiger partial charge is 0.251 e. The number of nitrogens with zero attached hydrogens (tertiary/aromatic N) is 4. The fourth-order valence-corrected chi connectivity index (χ4v) is 2.11. The van der Waals surface area contributed by atoms with Crippen LogP contribution >= 0.6 is 0 Å². The zero-order valence-electron chi connectivity index (χ0n) is 8.25. The molecular formula is C12H6N4. The number of pyridine rings is 1. The summed E-state index contributed by atoms with van der Waals surface area (Å²) in [6.07, 6.45) is 3.46. The van der Waals surface area contributed by atoms with Gasteiger partial charge in [0, 0.05) is 11.1 Å². The van der Waals surface area contributed by atoms with E-state index in [0.29, 0.717) is 0 Å². The first-order valence-electron chi connectivity index (χ1n) is 5.02. The molecule has 0 fully saturated rings. The van der Waals surface area contributed by atoms with Crippen LogP contribution < -0.4 is 10.7 Å². The first-order chi connectivity index (χ1) is 7.93. The van der Waals surface area contributed by atoms with E-state index in [-0.39, 0.29) is 0 Å². The molecule has 1 aromatic heterocycles. The summed E-state index contributed by atoms with van der Waals surface area (Å²) in [4.78, 5) is 8.79. The summed E-state index contributed by atoms with van der Waals surface area (Å²) in [5.41, 5.74) is 3.99. The SMILES string of the molecule is C1=c2ncc3c(c2N=N1)-c1ccccc1N=3. The molecule has 2 aromatic rings. The van der Waals surface area contributed by atoms with Gasteiger partial charge in [0.25, 0.3) is 0 Å². The smallest absolute Gasteiger partial charge is 0.123 e. The molecule has 0 saturated carbocycles. The Kier molecular flexibility index (Phi) is 1.28.